The number of benzene rings is 1. The van der Waals surface area contributed by atoms with Crippen molar-refractivity contribution in [2.24, 2.45) is 5.92 Å². The standard InChI is InChI=1S/C14H18IN3/c1-9-2-5-11(6-3-9)18-13-7-4-10(15)8-12(13)17-14(18)16/h4,7-9,11H,2-3,5-6H2,1H3,(H2,16,17). The van der Waals surface area contributed by atoms with E-state index in [0.29, 0.717) is 12.0 Å². The molecule has 2 aromatic rings. The second-order valence-electron chi connectivity index (χ2n) is 5.39. The van der Waals surface area contributed by atoms with Crippen molar-refractivity contribution in [3.05, 3.63) is 21.8 Å². The van der Waals surface area contributed by atoms with Crippen molar-refractivity contribution in [3.63, 3.8) is 0 Å². The van der Waals surface area contributed by atoms with Crippen LogP contribution in [-0.2, 0) is 0 Å². The molecule has 1 aliphatic rings. The van der Waals surface area contributed by atoms with Crippen molar-refractivity contribution in [1.82, 2.24) is 9.55 Å². The van der Waals surface area contributed by atoms with Crippen LogP contribution in [0.2, 0.25) is 0 Å². The summed E-state index contributed by atoms with van der Waals surface area (Å²) < 4.78 is 3.46. The first-order chi connectivity index (χ1) is 8.65. The monoisotopic (exact) mass is 355 g/mol. The molecule has 0 amide bonds. The van der Waals surface area contributed by atoms with Crippen LogP contribution in [0.15, 0.2) is 18.2 Å². The molecule has 4 heteroatoms. The van der Waals surface area contributed by atoms with Gasteiger partial charge in [0.05, 0.1) is 11.0 Å². The Bertz CT molecular complexity index is 568. The molecule has 0 atom stereocenters. The molecule has 1 aromatic heterocycles. The summed E-state index contributed by atoms with van der Waals surface area (Å²) in [5, 5.41) is 0. The Kier molecular flexibility index (Phi) is 3.21. The third-order valence-corrected chi connectivity index (χ3v) is 4.70. The fourth-order valence-electron chi connectivity index (χ4n) is 2.97. The van der Waals surface area contributed by atoms with Gasteiger partial charge < -0.3 is 10.3 Å². The summed E-state index contributed by atoms with van der Waals surface area (Å²) in [5.41, 5.74) is 8.33. The van der Waals surface area contributed by atoms with E-state index >= 15 is 0 Å². The number of fused-ring (bicyclic) bond motifs is 1. The van der Waals surface area contributed by atoms with E-state index in [2.05, 4.69) is 57.3 Å². The SMILES string of the molecule is CC1CCC(n2c(N)nc3cc(I)ccc32)CC1. The van der Waals surface area contributed by atoms with E-state index in [1.165, 1.54) is 34.8 Å². The summed E-state index contributed by atoms with van der Waals surface area (Å²) in [6.45, 7) is 2.34. The largest absolute Gasteiger partial charge is 0.369 e. The van der Waals surface area contributed by atoms with Crippen LogP contribution in [-0.4, -0.2) is 9.55 Å². The molecule has 0 bridgehead atoms. The van der Waals surface area contributed by atoms with E-state index in [4.69, 9.17) is 5.73 Å². The van der Waals surface area contributed by atoms with Gasteiger partial charge in [0.1, 0.15) is 0 Å². The minimum absolute atomic E-state index is 0.534. The first kappa shape index (κ1) is 12.3. The summed E-state index contributed by atoms with van der Waals surface area (Å²) >= 11 is 2.32. The number of nitrogens with zero attached hydrogens (tertiary/aromatic N) is 2. The molecule has 3 nitrogen and oxygen atoms in total. The number of rotatable bonds is 1. The zero-order chi connectivity index (χ0) is 12.7. The van der Waals surface area contributed by atoms with E-state index in [9.17, 15) is 0 Å². The molecule has 96 valence electrons. The molecule has 1 aliphatic carbocycles. The van der Waals surface area contributed by atoms with E-state index in [0.717, 1.165) is 11.4 Å². The van der Waals surface area contributed by atoms with Gasteiger partial charge in [-0.25, -0.2) is 4.98 Å². The maximum atomic E-state index is 6.12. The van der Waals surface area contributed by atoms with Gasteiger partial charge in [-0.15, -0.1) is 0 Å². The van der Waals surface area contributed by atoms with Crippen molar-refractivity contribution in [1.29, 1.82) is 0 Å². The smallest absolute Gasteiger partial charge is 0.201 e. The Morgan fingerprint density at radius 1 is 1.28 bits per heavy atom. The summed E-state index contributed by atoms with van der Waals surface area (Å²) in [6, 6.07) is 6.92. The number of halogens is 1. The van der Waals surface area contributed by atoms with Crippen molar-refractivity contribution >= 4 is 39.6 Å². The van der Waals surface area contributed by atoms with E-state index in [1.54, 1.807) is 0 Å². The van der Waals surface area contributed by atoms with Gasteiger partial charge in [0, 0.05) is 9.61 Å². The minimum atomic E-state index is 0.534. The normalized spacial score (nSPS) is 24.6. The second kappa shape index (κ2) is 4.72. The van der Waals surface area contributed by atoms with Crippen LogP contribution in [0.1, 0.15) is 38.6 Å². The molecule has 1 aromatic carbocycles. The average molecular weight is 355 g/mol. The van der Waals surface area contributed by atoms with Gasteiger partial charge >= 0.3 is 0 Å². The number of hydrogen-bond donors (Lipinski definition) is 1. The molecular weight excluding hydrogens is 337 g/mol. The highest BCUT2D eigenvalue weighted by Crippen LogP contribution is 2.35. The molecule has 1 fully saturated rings. The van der Waals surface area contributed by atoms with Gasteiger partial charge in [0.2, 0.25) is 5.95 Å². The fraction of sp³-hybridized carbons (Fsp3) is 0.500. The van der Waals surface area contributed by atoms with Gasteiger partial charge in [-0.1, -0.05) is 6.92 Å². The third kappa shape index (κ3) is 2.11. The molecule has 0 radical (unpaired) electrons. The second-order valence-corrected chi connectivity index (χ2v) is 6.63. The van der Waals surface area contributed by atoms with Gasteiger partial charge in [0.15, 0.2) is 0 Å². The minimum Gasteiger partial charge on any atom is -0.369 e. The highest BCUT2D eigenvalue weighted by atomic mass is 127. The van der Waals surface area contributed by atoms with Gasteiger partial charge in [-0.2, -0.15) is 0 Å². The van der Waals surface area contributed by atoms with E-state index in [-0.39, 0.29) is 0 Å². The summed E-state index contributed by atoms with van der Waals surface area (Å²) in [7, 11) is 0. The van der Waals surface area contributed by atoms with Crippen LogP contribution >= 0.6 is 22.6 Å². The average Bonchev–Trinajstić information content (AvgIpc) is 2.65. The molecular formula is C14H18IN3. The fourth-order valence-corrected chi connectivity index (χ4v) is 3.45. The predicted molar refractivity (Wildman–Crippen MR) is 83.5 cm³/mol. The Morgan fingerprint density at radius 3 is 2.72 bits per heavy atom. The van der Waals surface area contributed by atoms with Crippen LogP contribution in [0.5, 0.6) is 0 Å². The molecule has 1 saturated carbocycles. The highest BCUT2D eigenvalue weighted by Gasteiger charge is 2.23. The molecule has 18 heavy (non-hydrogen) atoms. The van der Waals surface area contributed by atoms with Crippen LogP contribution < -0.4 is 5.73 Å². The van der Waals surface area contributed by atoms with Crippen LogP contribution in [0, 0.1) is 9.49 Å². The maximum absolute atomic E-state index is 6.12. The first-order valence-electron chi connectivity index (χ1n) is 6.58. The Morgan fingerprint density at radius 2 is 2.00 bits per heavy atom. The van der Waals surface area contributed by atoms with Gasteiger partial charge in [-0.05, 0) is 72.4 Å². The highest BCUT2D eigenvalue weighted by molar-refractivity contribution is 14.1. The molecule has 0 aliphatic heterocycles. The van der Waals surface area contributed by atoms with E-state index in [1.807, 2.05) is 0 Å². The molecule has 0 unspecified atom stereocenters. The number of nitrogen functional groups attached to an aromatic ring is 1. The van der Waals surface area contributed by atoms with Gasteiger partial charge in [-0.3, -0.25) is 0 Å². The number of nitrogens with two attached hydrogens (primary N) is 1. The lowest BCUT2D eigenvalue weighted by atomic mass is 9.87. The van der Waals surface area contributed by atoms with Crippen LogP contribution in [0.25, 0.3) is 11.0 Å². The van der Waals surface area contributed by atoms with Gasteiger partial charge in [0.25, 0.3) is 0 Å². The summed E-state index contributed by atoms with van der Waals surface area (Å²) in [4.78, 5) is 4.50. The Labute approximate surface area is 121 Å². The predicted octanol–water partition coefficient (Wildman–Crippen LogP) is 3.97. The quantitative estimate of drug-likeness (QED) is 0.787. The molecule has 0 spiro atoms. The number of aromatic nitrogens is 2. The van der Waals surface area contributed by atoms with Crippen molar-refractivity contribution in [3.8, 4) is 0 Å². The van der Waals surface area contributed by atoms with Crippen LogP contribution in [0.4, 0.5) is 5.95 Å². The zero-order valence-electron chi connectivity index (χ0n) is 10.6. The summed E-state index contributed by atoms with van der Waals surface area (Å²) in [5.74, 6) is 1.53. The van der Waals surface area contributed by atoms with Crippen molar-refractivity contribution in [2.75, 3.05) is 5.73 Å². The molecule has 3 rings (SSSR count). The molecule has 1 heterocycles. The van der Waals surface area contributed by atoms with Crippen molar-refractivity contribution < 1.29 is 0 Å². The molecule has 0 saturated heterocycles. The number of hydrogen-bond acceptors (Lipinski definition) is 2. The molecule has 2 N–H and O–H groups in total. The lowest BCUT2D eigenvalue weighted by Crippen LogP contribution is -2.18. The zero-order valence-corrected chi connectivity index (χ0v) is 12.7. The first-order valence-corrected chi connectivity index (χ1v) is 7.66. The lowest BCUT2D eigenvalue weighted by molar-refractivity contribution is 0.296. The maximum Gasteiger partial charge on any atom is 0.201 e. The number of imidazole rings is 1. The van der Waals surface area contributed by atoms with Crippen molar-refractivity contribution in [2.45, 2.75) is 38.6 Å². The Hall–Kier alpha value is -0.780. The topological polar surface area (TPSA) is 43.8 Å². The Balaban J connectivity index is 2.03. The van der Waals surface area contributed by atoms with Crippen LogP contribution in [0.3, 0.4) is 0 Å². The van der Waals surface area contributed by atoms with E-state index < -0.39 is 0 Å². The summed E-state index contributed by atoms with van der Waals surface area (Å²) in [6.07, 6.45) is 5.05. The third-order valence-electron chi connectivity index (χ3n) is 4.03. The number of anilines is 1. The lowest BCUT2D eigenvalue weighted by Gasteiger charge is -2.28.